The minimum absolute atomic E-state index is 0.268. The molecule has 2 heterocycles. The monoisotopic (exact) mass is 256 g/mol. The number of thioether (sulfide) groups is 1. The quantitative estimate of drug-likeness (QED) is 0.867. The molecular formula is C10H16N4O2S. The summed E-state index contributed by atoms with van der Waals surface area (Å²) in [4.78, 5) is 12.3. The number of hydrogen-bond acceptors (Lipinski definition) is 7. The van der Waals surface area contributed by atoms with Gasteiger partial charge >= 0.3 is 12.0 Å². The maximum atomic E-state index is 5.00. The van der Waals surface area contributed by atoms with Crippen LogP contribution in [-0.2, 0) is 0 Å². The predicted molar refractivity (Wildman–Crippen MR) is 66.9 cm³/mol. The summed E-state index contributed by atoms with van der Waals surface area (Å²) in [7, 11) is 3.05. The summed E-state index contributed by atoms with van der Waals surface area (Å²) >= 11 is 1.98. The van der Waals surface area contributed by atoms with E-state index in [1.165, 1.54) is 25.7 Å². The first-order valence-electron chi connectivity index (χ1n) is 5.50. The first kappa shape index (κ1) is 12.2. The predicted octanol–water partition coefficient (Wildman–Crippen LogP) is 1.20. The molecule has 2 rings (SSSR count). The molecule has 1 N–H and O–H groups in total. The summed E-state index contributed by atoms with van der Waals surface area (Å²) in [6.07, 6.45) is 2.25. The number of nitrogens with zero attached hydrogens (tertiary/aromatic N) is 3. The normalized spacial score (nSPS) is 16.6. The van der Waals surface area contributed by atoms with Gasteiger partial charge in [-0.25, -0.2) is 0 Å². The third kappa shape index (κ3) is 3.36. The molecule has 1 aliphatic heterocycles. The summed E-state index contributed by atoms with van der Waals surface area (Å²) in [5, 5.41) is 3.29. The van der Waals surface area contributed by atoms with Crippen LogP contribution in [0.1, 0.15) is 12.8 Å². The fraction of sp³-hybridized carbons (Fsp3) is 0.700. The molecular weight excluding hydrogens is 240 g/mol. The van der Waals surface area contributed by atoms with E-state index in [9.17, 15) is 0 Å². The van der Waals surface area contributed by atoms with E-state index in [0.717, 1.165) is 12.8 Å². The van der Waals surface area contributed by atoms with E-state index in [4.69, 9.17) is 9.47 Å². The molecule has 1 saturated heterocycles. The molecule has 0 radical (unpaired) electrons. The zero-order valence-corrected chi connectivity index (χ0v) is 10.8. The molecule has 0 aliphatic carbocycles. The van der Waals surface area contributed by atoms with Crippen molar-refractivity contribution in [2.45, 2.75) is 18.9 Å². The maximum Gasteiger partial charge on any atom is 0.324 e. The van der Waals surface area contributed by atoms with Gasteiger partial charge in [0.25, 0.3) is 0 Å². The average Bonchev–Trinajstić information content (AvgIpc) is 2.39. The highest BCUT2D eigenvalue weighted by Crippen LogP contribution is 2.20. The molecule has 7 heteroatoms. The summed E-state index contributed by atoms with van der Waals surface area (Å²) in [5.41, 5.74) is 0. The molecule has 94 valence electrons. The van der Waals surface area contributed by atoms with Gasteiger partial charge in [0, 0.05) is 6.04 Å². The smallest absolute Gasteiger partial charge is 0.324 e. The third-order valence-corrected chi connectivity index (χ3v) is 3.56. The Morgan fingerprint density at radius 3 is 2.18 bits per heavy atom. The number of hydrogen-bond donors (Lipinski definition) is 1. The zero-order valence-electron chi connectivity index (χ0n) is 9.97. The average molecular weight is 256 g/mol. The first-order valence-corrected chi connectivity index (χ1v) is 6.65. The van der Waals surface area contributed by atoms with Crippen molar-refractivity contribution in [3.8, 4) is 12.0 Å². The number of nitrogens with one attached hydrogen (secondary N) is 1. The van der Waals surface area contributed by atoms with Crippen molar-refractivity contribution in [2.75, 3.05) is 31.0 Å². The first-order chi connectivity index (χ1) is 8.31. The Hall–Kier alpha value is -1.24. The van der Waals surface area contributed by atoms with E-state index >= 15 is 0 Å². The number of rotatable bonds is 4. The minimum Gasteiger partial charge on any atom is -0.467 e. The number of anilines is 1. The molecule has 6 nitrogen and oxygen atoms in total. The van der Waals surface area contributed by atoms with Crippen LogP contribution < -0.4 is 14.8 Å². The second kappa shape index (κ2) is 5.90. The Labute approximate surface area is 105 Å². The van der Waals surface area contributed by atoms with Gasteiger partial charge in [-0.3, -0.25) is 0 Å². The summed E-state index contributed by atoms with van der Waals surface area (Å²) in [5.74, 6) is 2.87. The van der Waals surface area contributed by atoms with Crippen LogP contribution >= 0.6 is 11.8 Å². The van der Waals surface area contributed by atoms with E-state index in [2.05, 4.69) is 20.3 Å². The van der Waals surface area contributed by atoms with Crippen LogP contribution in [0.2, 0.25) is 0 Å². The fourth-order valence-corrected chi connectivity index (χ4v) is 2.72. The summed E-state index contributed by atoms with van der Waals surface area (Å²) in [6.45, 7) is 0. The third-order valence-electron chi connectivity index (χ3n) is 2.51. The lowest BCUT2D eigenvalue weighted by Gasteiger charge is -2.22. The van der Waals surface area contributed by atoms with Crippen molar-refractivity contribution < 1.29 is 9.47 Å². The lowest BCUT2D eigenvalue weighted by Crippen LogP contribution is -2.25. The fourth-order valence-electron chi connectivity index (χ4n) is 1.61. The number of aromatic nitrogens is 3. The molecule has 17 heavy (non-hydrogen) atoms. The van der Waals surface area contributed by atoms with E-state index in [-0.39, 0.29) is 12.0 Å². The van der Waals surface area contributed by atoms with Crippen LogP contribution in [0.15, 0.2) is 0 Å². The van der Waals surface area contributed by atoms with Gasteiger partial charge in [-0.15, -0.1) is 4.98 Å². The SMILES string of the molecule is COc1nc(NC2CCSCC2)nc(OC)n1. The van der Waals surface area contributed by atoms with Gasteiger partial charge in [0.1, 0.15) is 0 Å². The van der Waals surface area contributed by atoms with Crippen molar-refractivity contribution in [2.24, 2.45) is 0 Å². The summed E-state index contributed by atoms with van der Waals surface area (Å²) in [6, 6.07) is 0.960. The molecule has 1 aliphatic rings. The van der Waals surface area contributed by atoms with Crippen LogP contribution in [0, 0.1) is 0 Å². The highest BCUT2D eigenvalue weighted by Gasteiger charge is 2.16. The molecule has 0 aromatic carbocycles. The number of ether oxygens (including phenoxy) is 2. The second-order valence-corrected chi connectivity index (χ2v) is 4.89. The molecule has 0 unspecified atom stereocenters. The van der Waals surface area contributed by atoms with Crippen LogP contribution in [0.5, 0.6) is 12.0 Å². The lowest BCUT2D eigenvalue weighted by molar-refractivity contribution is 0.340. The van der Waals surface area contributed by atoms with Crippen molar-refractivity contribution >= 4 is 17.7 Å². The Morgan fingerprint density at radius 1 is 1.06 bits per heavy atom. The topological polar surface area (TPSA) is 69.2 Å². The number of methoxy groups -OCH3 is 2. The molecule has 1 fully saturated rings. The van der Waals surface area contributed by atoms with E-state index < -0.39 is 0 Å². The lowest BCUT2D eigenvalue weighted by atomic mass is 10.2. The highest BCUT2D eigenvalue weighted by molar-refractivity contribution is 7.99. The van der Waals surface area contributed by atoms with Gasteiger partial charge in [0.2, 0.25) is 5.95 Å². The summed E-state index contributed by atoms with van der Waals surface area (Å²) < 4.78 is 10.0. The van der Waals surface area contributed by atoms with Crippen molar-refractivity contribution in [3.05, 3.63) is 0 Å². The Kier molecular flexibility index (Phi) is 4.24. The standard InChI is InChI=1S/C10H16N4O2S/c1-15-9-12-8(13-10(14-9)16-2)11-7-3-5-17-6-4-7/h7H,3-6H2,1-2H3,(H,11,12,13,14). The van der Waals surface area contributed by atoms with Gasteiger partial charge in [0.15, 0.2) is 0 Å². The molecule has 0 amide bonds. The zero-order chi connectivity index (χ0) is 12.1. The van der Waals surface area contributed by atoms with Crippen molar-refractivity contribution in [1.82, 2.24) is 15.0 Å². The molecule has 0 saturated carbocycles. The second-order valence-electron chi connectivity index (χ2n) is 3.66. The van der Waals surface area contributed by atoms with Crippen LogP contribution in [0.4, 0.5) is 5.95 Å². The molecule has 1 aromatic heterocycles. The highest BCUT2D eigenvalue weighted by atomic mass is 32.2. The Bertz CT molecular complexity index is 349. The van der Waals surface area contributed by atoms with Gasteiger partial charge in [-0.05, 0) is 24.3 Å². The Morgan fingerprint density at radius 2 is 1.65 bits per heavy atom. The van der Waals surface area contributed by atoms with Crippen molar-refractivity contribution in [1.29, 1.82) is 0 Å². The van der Waals surface area contributed by atoms with Crippen LogP contribution in [0.3, 0.4) is 0 Å². The molecule has 1 aromatic rings. The van der Waals surface area contributed by atoms with Gasteiger partial charge in [-0.1, -0.05) is 0 Å². The minimum atomic E-state index is 0.268. The molecule has 0 bridgehead atoms. The van der Waals surface area contributed by atoms with E-state index in [1.807, 2.05) is 11.8 Å². The van der Waals surface area contributed by atoms with Gasteiger partial charge < -0.3 is 14.8 Å². The largest absolute Gasteiger partial charge is 0.467 e. The van der Waals surface area contributed by atoms with E-state index in [1.54, 1.807) is 0 Å². The van der Waals surface area contributed by atoms with Gasteiger partial charge in [-0.2, -0.15) is 21.7 Å². The molecule has 0 spiro atoms. The van der Waals surface area contributed by atoms with E-state index in [0.29, 0.717) is 12.0 Å². The van der Waals surface area contributed by atoms with Crippen LogP contribution in [0.25, 0.3) is 0 Å². The van der Waals surface area contributed by atoms with Crippen molar-refractivity contribution in [3.63, 3.8) is 0 Å². The maximum absolute atomic E-state index is 5.00. The van der Waals surface area contributed by atoms with Crippen LogP contribution in [-0.4, -0.2) is 46.7 Å². The molecule has 0 atom stereocenters. The Balaban J connectivity index is 2.07. The van der Waals surface area contributed by atoms with Gasteiger partial charge in [0.05, 0.1) is 14.2 Å².